The van der Waals surface area contributed by atoms with Gasteiger partial charge >= 0.3 is 6.09 Å². The van der Waals surface area contributed by atoms with Gasteiger partial charge in [-0.2, -0.15) is 0 Å². The molecule has 0 unspecified atom stereocenters. The molecule has 1 aliphatic heterocycles. The van der Waals surface area contributed by atoms with Gasteiger partial charge in [-0.25, -0.2) is 9.78 Å². The number of imidazole rings is 1. The SMILES string of the molecule is O=C(NCc1ccccc1-c1ccc(Cn2ccnc2)cc1)c1cccc(N2CCOC2=O)c1. The van der Waals surface area contributed by atoms with Crippen molar-refractivity contribution in [3.8, 4) is 11.1 Å². The van der Waals surface area contributed by atoms with Crippen molar-refractivity contribution in [3.05, 3.63) is 108 Å². The van der Waals surface area contributed by atoms with E-state index in [0.717, 1.165) is 23.2 Å². The van der Waals surface area contributed by atoms with E-state index in [1.807, 2.05) is 29.0 Å². The standard InChI is InChI=1S/C27H24N4O3/c32-26(22-5-3-6-24(16-22)31-14-15-34-27(31)33)29-17-23-4-1-2-7-25(23)21-10-8-20(9-11-21)18-30-13-12-28-19-30/h1-13,16,19H,14-15,17-18H2,(H,29,32). The molecule has 1 aliphatic rings. The number of ether oxygens (including phenoxy) is 1. The van der Waals surface area contributed by atoms with Gasteiger partial charge < -0.3 is 14.6 Å². The molecule has 5 rings (SSSR count). The fourth-order valence-corrected chi connectivity index (χ4v) is 4.06. The summed E-state index contributed by atoms with van der Waals surface area (Å²) < 4.78 is 7.02. The quantitative estimate of drug-likeness (QED) is 0.448. The van der Waals surface area contributed by atoms with Gasteiger partial charge in [0.25, 0.3) is 5.91 Å². The maximum absolute atomic E-state index is 12.9. The van der Waals surface area contributed by atoms with Crippen molar-refractivity contribution in [3.63, 3.8) is 0 Å². The molecule has 2 amide bonds. The maximum atomic E-state index is 12.9. The lowest BCUT2D eigenvalue weighted by molar-refractivity contribution is 0.0951. The number of nitrogens with zero attached hydrogens (tertiary/aromatic N) is 3. The van der Waals surface area contributed by atoms with Crippen LogP contribution in [0.1, 0.15) is 21.5 Å². The van der Waals surface area contributed by atoms with Gasteiger partial charge in [-0.15, -0.1) is 0 Å². The van der Waals surface area contributed by atoms with E-state index < -0.39 is 0 Å². The van der Waals surface area contributed by atoms with Gasteiger partial charge in [0.05, 0.1) is 12.9 Å². The van der Waals surface area contributed by atoms with Gasteiger partial charge in [-0.1, -0.05) is 54.6 Å². The predicted molar refractivity (Wildman–Crippen MR) is 130 cm³/mol. The largest absolute Gasteiger partial charge is 0.447 e. The van der Waals surface area contributed by atoms with Crippen LogP contribution in [0.5, 0.6) is 0 Å². The zero-order chi connectivity index (χ0) is 23.3. The predicted octanol–water partition coefficient (Wildman–Crippen LogP) is 4.49. The molecule has 0 bridgehead atoms. The number of carbonyl (C=O) groups is 2. The summed E-state index contributed by atoms with van der Waals surface area (Å²) in [5.74, 6) is -0.195. The van der Waals surface area contributed by atoms with Gasteiger partial charge in [0, 0.05) is 36.7 Å². The third kappa shape index (κ3) is 4.68. The van der Waals surface area contributed by atoms with E-state index in [1.54, 1.807) is 36.8 Å². The molecule has 0 saturated carbocycles. The van der Waals surface area contributed by atoms with Crippen LogP contribution in [0.25, 0.3) is 11.1 Å². The second-order valence-electron chi connectivity index (χ2n) is 8.09. The minimum absolute atomic E-state index is 0.195. The van der Waals surface area contributed by atoms with Gasteiger partial charge in [-0.05, 0) is 40.5 Å². The van der Waals surface area contributed by atoms with Crippen LogP contribution in [0, 0.1) is 0 Å². The molecule has 1 saturated heterocycles. The van der Waals surface area contributed by atoms with Crippen LogP contribution in [-0.4, -0.2) is 34.7 Å². The molecule has 3 aromatic carbocycles. The molecule has 7 nitrogen and oxygen atoms in total. The summed E-state index contributed by atoms with van der Waals surface area (Å²) in [5.41, 5.74) is 5.54. The van der Waals surface area contributed by atoms with Gasteiger partial charge in [0.2, 0.25) is 0 Å². The number of hydrogen-bond donors (Lipinski definition) is 1. The summed E-state index contributed by atoms with van der Waals surface area (Å²) in [6.45, 7) is 2.00. The third-order valence-corrected chi connectivity index (χ3v) is 5.83. The highest BCUT2D eigenvalue weighted by Gasteiger charge is 2.24. The van der Waals surface area contributed by atoms with E-state index in [9.17, 15) is 9.59 Å². The normalized spacial score (nSPS) is 13.1. The number of benzene rings is 3. The Morgan fingerprint density at radius 2 is 1.88 bits per heavy atom. The molecule has 0 radical (unpaired) electrons. The van der Waals surface area contributed by atoms with Crippen LogP contribution >= 0.6 is 0 Å². The molecule has 0 spiro atoms. The van der Waals surface area contributed by atoms with E-state index in [0.29, 0.717) is 30.9 Å². The summed E-state index contributed by atoms with van der Waals surface area (Å²) in [6.07, 6.45) is 5.13. The molecular formula is C27H24N4O3. The van der Waals surface area contributed by atoms with E-state index in [4.69, 9.17) is 4.74 Å². The molecule has 7 heteroatoms. The lowest BCUT2D eigenvalue weighted by Crippen LogP contribution is -2.25. The number of amides is 2. The van der Waals surface area contributed by atoms with Crippen LogP contribution in [0.3, 0.4) is 0 Å². The van der Waals surface area contributed by atoms with Crippen molar-refractivity contribution in [2.75, 3.05) is 18.1 Å². The lowest BCUT2D eigenvalue weighted by Gasteiger charge is -2.14. The number of rotatable bonds is 7. The Balaban J connectivity index is 1.28. The fraction of sp³-hybridized carbons (Fsp3) is 0.148. The Kier molecular flexibility index (Phi) is 6.07. The van der Waals surface area contributed by atoms with Crippen molar-refractivity contribution in [2.24, 2.45) is 0 Å². The number of cyclic esters (lactones) is 1. The minimum atomic E-state index is -0.387. The molecule has 1 aromatic heterocycles. The summed E-state index contributed by atoms with van der Waals surface area (Å²) in [6, 6.07) is 23.5. The molecule has 0 aliphatic carbocycles. The van der Waals surface area contributed by atoms with Gasteiger partial charge in [-0.3, -0.25) is 9.69 Å². The molecule has 2 heterocycles. The number of nitrogens with one attached hydrogen (secondary N) is 1. The number of aromatic nitrogens is 2. The average Bonchev–Trinajstić information content (AvgIpc) is 3.55. The van der Waals surface area contributed by atoms with Crippen LogP contribution in [0.4, 0.5) is 10.5 Å². The molecule has 34 heavy (non-hydrogen) atoms. The number of hydrogen-bond acceptors (Lipinski definition) is 4. The highest BCUT2D eigenvalue weighted by Crippen LogP contribution is 2.25. The molecule has 1 N–H and O–H groups in total. The Morgan fingerprint density at radius 1 is 1.03 bits per heavy atom. The second-order valence-corrected chi connectivity index (χ2v) is 8.09. The molecular weight excluding hydrogens is 428 g/mol. The second kappa shape index (κ2) is 9.62. The monoisotopic (exact) mass is 452 g/mol. The van der Waals surface area contributed by atoms with Crippen molar-refractivity contribution in [1.82, 2.24) is 14.9 Å². The third-order valence-electron chi connectivity index (χ3n) is 5.83. The first-order valence-electron chi connectivity index (χ1n) is 11.1. The van der Waals surface area contributed by atoms with E-state index in [2.05, 4.69) is 40.6 Å². The Bertz CT molecular complexity index is 1300. The highest BCUT2D eigenvalue weighted by atomic mass is 16.6. The molecule has 170 valence electrons. The summed E-state index contributed by atoms with van der Waals surface area (Å²) in [5, 5.41) is 3.01. The fourth-order valence-electron chi connectivity index (χ4n) is 4.06. The number of carbonyl (C=O) groups excluding carboxylic acids is 2. The van der Waals surface area contributed by atoms with Crippen LogP contribution in [-0.2, 0) is 17.8 Å². The Morgan fingerprint density at radius 3 is 2.65 bits per heavy atom. The summed E-state index contributed by atoms with van der Waals surface area (Å²) in [7, 11) is 0. The van der Waals surface area contributed by atoms with E-state index in [1.165, 1.54) is 10.5 Å². The highest BCUT2D eigenvalue weighted by molar-refractivity contribution is 5.97. The summed E-state index contributed by atoms with van der Waals surface area (Å²) >= 11 is 0. The van der Waals surface area contributed by atoms with Gasteiger partial charge in [0.1, 0.15) is 6.61 Å². The Hall–Kier alpha value is -4.39. The zero-order valence-corrected chi connectivity index (χ0v) is 18.6. The van der Waals surface area contributed by atoms with Crippen molar-refractivity contribution >= 4 is 17.7 Å². The van der Waals surface area contributed by atoms with Crippen LogP contribution in [0.15, 0.2) is 91.5 Å². The molecule has 4 aromatic rings. The topological polar surface area (TPSA) is 76.5 Å². The first-order valence-corrected chi connectivity index (χ1v) is 11.1. The molecule has 1 fully saturated rings. The summed E-state index contributed by atoms with van der Waals surface area (Å²) in [4.78, 5) is 30.3. The Labute approximate surface area is 197 Å². The van der Waals surface area contributed by atoms with Crippen molar-refractivity contribution in [2.45, 2.75) is 13.1 Å². The van der Waals surface area contributed by atoms with Crippen molar-refractivity contribution in [1.29, 1.82) is 0 Å². The lowest BCUT2D eigenvalue weighted by atomic mass is 9.98. The maximum Gasteiger partial charge on any atom is 0.414 e. The first kappa shape index (κ1) is 21.5. The van der Waals surface area contributed by atoms with E-state index in [-0.39, 0.29) is 12.0 Å². The number of anilines is 1. The first-order chi connectivity index (χ1) is 16.7. The van der Waals surface area contributed by atoms with Crippen LogP contribution in [0.2, 0.25) is 0 Å². The van der Waals surface area contributed by atoms with Crippen molar-refractivity contribution < 1.29 is 14.3 Å². The average molecular weight is 453 g/mol. The van der Waals surface area contributed by atoms with Gasteiger partial charge in [0.15, 0.2) is 0 Å². The molecule has 0 atom stereocenters. The van der Waals surface area contributed by atoms with E-state index >= 15 is 0 Å². The minimum Gasteiger partial charge on any atom is -0.447 e. The van der Waals surface area contributed by atoms with Crippen LogP contribution < -0.4 is 10.2 Å². The zero-order valence-electron chi connectivity index (χ0n) is 18.6. The smallest absolute Gasteiger partial charge is 0.414 e.